The zero-order chi connectivity index (χ0) is 12.3. The van der Waals surface area contributed by atoms with Crippen LogP contribution < -0.4 is 0 Å². The summed E-state index contributed by atoms with van der Waals surface area (Å²) in [6, 6.07) is -0.627. The Labute approximate surface area is 101 Å². The molecule has 2 unspecified atom stereocenters. The number of ether oxygens (including phenoxy) is 1. The van der Waals surface area contributed by atoms with Crippen molar-refractivity contribution in [3.63, 3.8) is 0 Å². The van der Waals surface area contributed by atoms with Gasteiger partial charge in [0.1, 0.15) is 6.04 Å². The highest BCUT2D eigenvalue weighted by molar-refractivity contribution is 5.84. The van der Waals surface area contributed by atoms with E-state index in [9.17, 15) is 9.59 Å². The summed E-state index contributed by atoms with van der Waals surface area (Å²) in [5, 5.41) is 9.09. The van der Waals surface area contributed by atoms with Crippen molar-refractivity contribution in [1.82, 2.24) is 4.90 Å². The summed E-state index contributed by atoms with van der Waals surface area (Å²) in [7, 11) is 0. The van der Waals surface area contributed by atoms with Gasteiger partial charge in [-0.1, -0.05) is 0 Å². The summed E-state index contributed by atoms with van der Waals surface area (Å²) in [5.74, 6) is -0.950. The van der Waals surface area contributed by atoms with Crippen molar-refractivity contribution in [2.75, 3.05) is 13.2 Å². The van der Waals surface area contributed by atoms with E-state index in [-0.39, 0.29) is 12.0 Å². The van der Waals surface area contributed by atoms with Gasteiger partial charge < -0.3 is 14.7 Å². The molecule has 96 valence electrons. The quantitative estimate of drug-likeness (QED) is 0.801. The van der Waals surface area contributed by atoms with Crippen LogP contribution in [0.5, 0.6) is 0 Å². The Morgan fingerprint density at radius 1 is 1.24 bits per heavy atom. The second-order valence-electron chi connectivity index (χ2n) is 4.78. The van der Waals surface area contributed by atoms with Gasteiger partial charge in [-0.15, -0.1) is 0 Å². The van der Waals surface area contributed by atoms with Crippen LogP contribution in [0.1, 0.15) is 38.5 Å². The van der Waals surface area contributed by atoms with E-state index < -0.39 is 12.0 Å². The Kier molecular flexibility index (Phi) is 3.99. The van der Waals surface area contributed by atoms with Crippen molar-refractivity contribution in [3.05, 3.63) is 0 Å². The molecule has 2 atom stereocenters. The van der Waals surface area contributed by atoms with E-state index in [0.29, 0.717) is 19.4 Å². The van der Waals surface area contributed by atoms with Crippen molar-refractivity contribution in [1.29, 1.82) is 0 Å². The number of piperidine rings is 1. The molecule has 17 heavy (non-hydrogen) atoms. The minimum absolute atomic E-state index is 0.00104. The molecule has 5 nitrogen and oxygen atoms in total. The van der Waals surface area contributed by atoms with Crippen LogP contribution in [0.3, 0.4) is 0 Å². The zero-order valence-electron chi connectivity index (χ0n) is 9.93. The van der Waals surface area contributed by atoms with Crippen molar-refractivity contribution in [2.24, 2.45) is 0 Å². The fraction of sp³-hybridized carbons (Fsp3) is 0.833. The number of hydrogen-bond donors (Lipinski definition) is 1. The summed E-state index contributed by atoms with van der Waals surface area (Å²) in [5.41, 5.74) is 0. The van der Waals surface area contributed by atoms with Crippen LogP contribution in [-0.2, 0) is 14.3 Å². The number of nitrogens with zero attached hydrogens (tertiary/aromatic N) is 1. The minimum Gasteiger partial charge on any atom is -0.480 e. The van der Waals surface area contributed by atoms with Crippen molar-refractivity contribution < 1.29 is 19.4 Å². The number of carboxylic acid groups (broad SMARTS) is 1. The highest BCUT2D eigenvalue weighted by Crippen LogP contribution is 2.21. The molecule has 2 heterocycles. The maximum atomic E-state index is 12.1. The number of aliphatic carboxylic acids is 1. The molecular formula is C12H19NO4. The lowest BCUT2D eigenvalue weighted by atomic mass is 10.0. The van der Waals surface area contributed by atoms with E-state index in [1.807, 2.05) is 0 Å². The first-order valence-electron chi connectivity index (χ1n) is 6.32. The van der Waals surface area contributed by atoms with Crippen LogP contribution >= 0.6 is 0 Å². The predicted octanol–water partition coefficient (Wildman–Crippen LogP) is 1.02. The fourth-order valence-electron chi connectivity index (χ4n) is 2.60. The molecular weight excluding hydrogens is 222 g/mol. The Bertz CT molecular complexity index is 299. The lowest BCUT2D eigenvalue weighted by Gasteiger charge is -2.33. The number of carbonyl (C=O) groups is 2. The topological polar surface area (TPSA) is 66.8 Å². The third kappa shape index (κ3) is 2.97. The van der Waals surface area contributed by atoms with Crippen LogP contribution in [0.4, 0.5) is 0 Å². The van der Waals surface area contributed by atoms with Gasteiger partial charge in [-0.3, -0.25) is 4.79 Å². The summed E-state index contributed by atoms with van der Waals surface area (Å²) in [4.78, 5) is 24.7. The van der Waals surface area contributed by atoms with Gasteiger partial charge in [0.2, 0.25) is 5.91 Å². The first-order chi connectivity index (χ1) is 8.18. The van der Waals surface area contributed by atoms with E-state index >= 15 is 0 Å². The maximum Gasteiger partial charge on any atom is 0.326 e. The molecule has 0 bridgehead atoms. The lowest BCUT2D eigenvalue weighted by molar-refractivity contribution is -0.153. The van der Waals surface area contributed by atoms with Crippen LogP contribution in [0.15, 0.2) is 0 Å². The van der Waals surface area contributed by atoms with Gasteiger partial charge in [0.05, 0.1) is 12.5 Å². The molecule has 2 rings (SSSR count). The highest BCUT2D eigenvalue weighted by atomic mass is 16.5. The normalized spacial score (nSPS) is 29.3. The number of rotatable bonds is 3. The average molecular weight is 241 g/mol. The summed E-state index contributed by atoms with van der Waals surface area (Å²) in [6.07, 6.45) is 4.62. The van der Waals surface area contributed by atoms with E-state index in [4.69, 9.17) is 9.84 Å². The summed E-state index contributed by atoms with van der Waals surface area (Å²) < 4.78 is 5.42. The SMILES string of the molecule is O=C(O)C1CCCCN1C(=O)CC1CCCO1. The molecule has 2 saturated heterocycles. The molecule has 2 fully saturated rings. The molecule has 0 spiro atoms. The van der Waals surface area contributed by atoms with Gasteiger partial charge in [0, 0.05) is 13.2 Å². The smallest absolute Gasteiger partial charge is 0.326 e. The molecule has 0 aliphatic carbocycles. The lowest BCUT2D eigenvalue weighted by Crippen LogP contribution is -2.48. The van der Waals surface area contributed by atoms with E-state index in [0.717, 1.165) is 32.3 Å². The average Bonchev–Trinajstić information content (AvgIpc) is 2.81. The molecule has 0 aromatic carbocycles. The summed E-state index contributed by atoms with van der Waals surface area (Å²) >= 11 is 0. The van der Waals surface area contributed by atoms with Gasteiger partial charge in [-0.2, -0.15) is 0 Å². The molecule has 1 N–H and O–H groups in total. The second-order valence-corrected chi connectivity index (χ2v) is 4.78. The molecule has 0 saturated carbocycles. The Morgan fingerprint density at radius 2 is 2.06 bits per heavy atom. The van der Waals surface area contributed by atoms with Crippen molar-refractivity contribution >= 4 is 11.9 Å². The molecule has 2 aliphatic heterocycles. The first kappa shape index (κ1) is 12.4. The van der Waals surface area contributed by atoms with Gasteiger partial charge in [-0.25, -0.2) is 4.79 Å². The van der Waals surface area contributed by atoms with Crippen LogP contribution in [-0.4, -0.2) is 47.2 Å². The first-order valence-corrected chi connectivity index (χ1v) is 6.32. The number of likely N-dealkylation sites (tertiary alicyclic amines) is 1. The predicted molar refractivity (Wildman–Crippen MR) is 60.6 cm³/mol. The largest absolute Gasteiger partial charge is 0.480 e. The fourth-order valence-corrected chi connectivity index (χ4v) is 2.60. The molecule has 0 aromatic rings. The Morgan fingerprint density at radius 3 is 2.71 bits per heavy atom. The highest BCUT2D eigenvalue weighted by Gasteiger charge is 2.33. The minimum atomic E-state index is -0.884. The van der Waals surface area contributed by atoms with Crippen molar-refractivity contribution in [2.45, 2.75) is 50.7 Å². The van der Waals surface area contributed by atoms with Crippen LogP contribution in [0.25, 0.3) is 0 Å². The third-order valence-electron chi connectivity index (χ3n) is 3.53. The van der Waals surface area contributed by atoms with E-state index in [1.165, 1.54) is 4.90 Å². The second kappa shape index (κ2) is 5.49. The third-order valence-corrected chi connectivity index (χ3v) is 3.53. The van der Waals surface area contributed by atoms with Gasteiger partial charge in [0.25, 0.3) is 0 Å². The van der Waals surface area contributed by atoms with Crippen molar-refractivity contribution in [3.8, 4) is 0 Å². The number of carbonyl (C=O) groups excluding carboxylic acids is 1. The molecule has 2 aliphatic rings. The number of amides is 1. The molecule has 1 amide bonds. The Hall–Kier alpha value is -1.10. The molecule has 0 aromatic heterocycles. The number of hydrogen-bond acceptors (Lipinski definition) is 3. The summed E-state index contributed by atoms with van der Waals surface area (Å²) in [6.45, 7) is 1.29. The van der Waals surface area contributed by atoms with Crippen LogP contribution in [0, 0.1) is 0 Å². The number of carboxylic acids is 1. The maximum absolute atomic E-state index is 12.1. The van der Waals surface area contributed by atoms with Gasteiger partial charge >= 0.3 is 5.97 Å². The van der Waals surface area contributed by atoms with E-state index in [2.05, 4.69) is 0 Å². The molecule has 5 heteroatoms. The molecule has 0 radical (unpaired) electrons. The zero-order valence-corrected chi connectivity index (χ0v) is 9.93. The van der Waals surface area contributed by atoms with E-state index in [1.54, 1.807) is 0 Å². The van der Waals surface area contributed by atoms with Crippen LogP contribution in [0.2, 0.25) is 0 Å². The Balaban J connectivity index is 1.93. The standard InChI is InChI=1S/C12H19NO4/c14-11(8-9-4-3-7-17-9)13-6-2-1-5-10(13)12(15)16/h9-10H,1-8H2,(H,15,16). The van der Waals surface area contributed by atoms with Gasteiger partial charge in [0.15, 0.2) is 0 Å². The monoisotopic (exact) mass is 241 g/mol. The van der Waals surface area contributed by atoms with Gasteiger partial charge in [-0.05, 0) is 32.1 Å².